The summed E-state index contributed by atoms with van der Waals surface area (Å²) in [6.45, 7) is 7.71. The van der Waals surface area contributed by atoms with Crippen LogP contribution in [0.5, 0.6) is 0 Å². The van der Waals surface area contributed by atoms with Crippen molar-refractivity contribution in [2.24, 2.45) is 5.92 Å². The van der Waals surface area contributed by atoms with Gasteiger partial charge in [-0.1, -0.05) is 6.42 Å². The normalized spacial score (nSPS) is 30.3. The monoisotopic (exact) mass is 308 g/mol. The van der Waals surface area contributed by atoms with Gasteiger partial charge in [0.2, 0.25) is 0 Å². The van der Waals surface area contributed by atoms with Crippen LogP contribution in [0, 0.1) is 5.92 Å². The van der Waals surface area contributed by atoms with Crippen LogP contribution in [0.4, 0.5) is 0 Å². The Morgan fingerprint density at radius 2 is 2.27 bits per heavy atom. The minimum Gasteiger partial charge on any atom is -0.381 e. The number of nitrogens with zero attached hydrogens (tertiary/aromatic N) is 4. The van der Waals surface area contributed by atoms with Crippen LogP contribution < -0.4 is 0 Å². The van der Waals surface area contributed by atoms with Crippen LogP contribution in [0.15, 0.2) is 6.33 Å². The Morgan fingerprint density at radius 1 is 1.41 bits per heavy atom. The molecule has 2 heterocycles. The van der Waals surface area contributed by atoms with E-state index in [0.29, 0.717) is 24.1 Å². The first-order valence-electron chi connectivity index (χ1n) is 8.43. The Labute approximate surface area is 132 Å². The molecule has 3 unspecified atom stereocenters. The second-order valence-electron chi connectivity index (χ2n) is 6.70. The van der Waals surface area contributed by atoms with Crippen LogP contribution in [-0.2, 0) is 16.0 Å². The van der Waals surface area contributed by atoms with Crippen molar-refractivity contribution in [2.75, 3.05) is 26.9 Å². The lowest BCUT2D eigenvalue weighted by Crippen LogP contribution is -2.51. The molecule has 0 bridgehead atoms. The summed E-state index contributed by atoms with van der Waals surface area (Å²) in [7, 11) is 1.84. The predicted molar refractivity (Wildman–Crippen MR) is 83.6 cm³/mol. The molecule has 1 saturated heterocycles. The van der Waals surface area contributed by atoms with Gasteiger partial charge < -0.3 is 9.47 Å². The molecule has 6 heteroatoms. The molecular weight excluding hydrogens is 280 g/mol. The molecule has 22 heavy (non-hydrogen) atoms. The van der Waals surface area contributed by atoms with Crippen molar-refractivity contribution in [2.45, 2.75) is 57.8 Å². The maximum absolute atomic E-state index is 5.77. The average molecular weight is 308 g/mol. The molecule has 0 spiro atoms. The number of methoxy groups -OCH3 is 1. The summed E-state index contributed by atoms with van der Waals surface area (Å²) in [5.41, 5.74) is 0. The highest BCUT2D eigenvalue weighted by molar-refractivity contribution is 4.94. The molecule has 3 atom stereocenters. The number of morpholine rings is 1. The molecule has 6 nitrogen and oxygen atoms in total. The standard InChI is InChI=1S/C16H28N4O2/c1-12(2)20-16(17-11-18-20)9-19-7-8-22-10-14(19)13-5-4-6-15(13)21-3/h11-15H,4-10H2,1-3H3. The van der Waals surface area contributed by atoms with Gasteiger partial charge in [0.15, 0.2) is 0 Å². The third kappa shape index (κ3) is 3.19. The summed E-state index contributed by atoms with van der Waals surface area (Å²) in [6.07, 6.45) is 5.71. The van der Waals surface area contributed by atoms with Crippen LogP contribution in [0.2, 0.25) is 0 Å². The van der Waals surface area contributed by atoms with Gasteiger partial charge in [0, 0.05) is 31.7 Å². The predicted octanol–water partition coefficient (Wildman–Crippen LogP) is 1.87. The SMILES string of the molecule is COC1CCCC1C1COCCN1Cc1ncnn1C(C)C. The maximum atomic E-state index is 5.77. The number of ether oxygens (including phenoxy) is 2. The number of hydrogen-bond donors (Lipinski definition) is 0. The summed E-state index contributed by atoms with van der Waals surface area (Å²) >= 11 is 0. The minimum absolute atomic E-state index is 0.343. The molecule has 2 aliphatic rings. The number of aromatic nitrogens is 3. The fourth-order valence-electron chi connectivity index (χ4n) is 3.94. The van der Waals surface area contributed by atoms with E-state index >= 15 is 0 Å². The lowest BCUT2D eigenvalue weighted by molar-refractivity contribution is -0.0620. The van der Waals surface area contributed by atoms with Gasteiger partial charge in [-0.25, -0.2) is 9.67 Å². The number of hydrogen-bond acceptors (Lipinski definition) is 5. The van der Waals surface area contributed by atoms with E-state index in [2.05, 4.69) is 28.8 Å². The molecule has 0 amide bonds. The molecule has 1 aliphatic carbocycles. The van der Waals surface area contributed by atoms with E-state index in [4.69, 9.17) is 9.47 Å². The van der Waals surface area contributed by atoms with Crippen LogP contribution in [0.1, 0.15) is 45.0 Å². The zero-order valence-electron chi connectivity index (χ0n) is 13.9. The first-order valence-corrected chi connectivity index (χ1v) is 8.43. The van der Waals surface area contributed by atoms with Crippen LogP contribution >= 0.6 is 0 Å². The van der Waals surface area contributed by atoms with Gasteiger partial charge in [0.25, 0.3) is 0 Å². The lowest BCUT2D eigenvalue weighted by Gasteiger charge is -2.40. The first-order chi connectivity index (χ1) is 10.7. The molecule has 1 saturated carbocycles. The van der Waals surface area contributed by atoms with Crippen molar-refractivity contribution in [3.05, 3.63) is 12.2 Å². The van der Waals surface area contributed by atoms with E-state index in [-0.39, 0.29) is 0 Å². The van der Waals surface area contributed by atoms with Crippen LogP contribution in [-0.4, -0.2) is 58.7 Å². The Morgan fingerprint density at radius 3 is 3.05 bits per heavy atom. The highest BCUT2D eigenvalue weighted by atomic mass is 16.5. The van der Waals surface area contributed by atoms with E-state index in [0.717, 1.165) is 32.1 Å². The van der Waals surface area contributed by atoms with E-state index in [1.54, 1.807) is 6.33 Å². The summed E-state index contributed by atoms with van der Waals surface area (Å²) in [5, 5.41) is 4.36. The molecule has 124 valence electrons. The lowest BCUT2D eigenvalue weighted by atomic mass is 9.94. The molecule has 0 N–H and O–H groups in total. The average Bonchev–Trinajstić information content (AvgIpc) is 3.16. The molecule has 0 aromatic carbocycles. The largest absolute Gasteiger partial charge is 0.381 e. The van der Waals surface area contributed by atoms with E-state index < -0.39 is 0 Å². The fraction of sp³-hybridized carbons (Fsp3) is 0.875. The highest BCUT2D eigenvalue weighted by Crippen LogP contribution is 2.34. The van der Waals surface area contributed by atoms with Crippen LogP contribution in [0.25, 0.3) is 0 Å². The summed E-state index contributed by atoms with van der Waals surface area (Å²) in [4.78, 5) is 6.99. The Kier molecular flexibility index (Phi) is 5.10. The molecule has 2 fully saturated rings. The van der Waals surface area contributed by atoms with Crippen molar-refractivity contribution < 1.29 is 9.47 Å². The van der Waals surface area contributed by atoms with Gasteiger partial charge in [0.05, 0.1) is 25.9 Å². The van der Waals surface area contributed by atoms with Crippen molar-refractivity contribution in [1.29, 1.82) is 0 Å². The van der Waals surface area contributed by atoms with Crippen molar-refractivity contribution in [1.82, 2.24) is 19.7 Å². The third-order valence-corrected chi connectivity index (χ3v) is 5.06. The van der Waals surface area contributed by atoms with Crippen molar-refractivity contribution in [3.8, 4) is 0 Å². The second-order valence-corrected chi connectivity index (χ2v) is 6.70. The zero-order chi connectivity index (χ0) is 15.5. The van der Waals surface area contributed by atoms with Gasteiger partial charge in [-0.2, -0.15) is 5.10 Å². The third-order valence-electron chi connectivity index (χ3n) is 5.06. The highest BCUT2D eigenvalue weighted by Gasteiger charge is 2.38. The zero-order valence-corrected chi connectivity index (χ0v) is 13.9. The van der Waals surface area contributed by atoms with E-state index in [1.807, 2.05) is 11.8 Å². The molecule has 3 rings (SSSR count). The Bertz CT molecular complexity index is 476. The molecular formula is C16H28N4O2. The summed E-state index contributed by atoms with van der Waals surface area (Å²) < 4.78 is 13.5. The topological polar surface area (TPSA) is 52.4 Å². The molecule has 1 aromatic heterocycles. The maximum Gasteiger partial charge on any atom is 0.141 e. The molecule has 1 aliphatic heterocycles. The minimum atomic E-state index is 0.343. The molecule has 0 radical (unpaired) electrons. The van der Waals surface area contributed by atoms with Gasteiger partial charge in [-0.3, -0.25) is 4.90 Å². The van der Waals surface area contributed by atoms with Crippen molar-refractivity contribution in [3.63, 3.8) is 0 Å². The van der Waals surface area contributed by atoms with Gasteiger partial charge >= 0.3 is 0 Å². The first kappa shape index (κ1) is 15.9. The van der Waals surface area contributed by atoms with Gasteiger partial charge in [0.1, 0.15) is 12.2 Å². The van der Waals surface area contributed by atoms with E-state index in [1.165, 1.54) is 19.3 Å². The van der Waals surface area contributed by atoms with Gasteiger partial charge in [-0.05, 0) is 26.7 Å². The van der Waals surface area contributed by atoms with Crippen LogP contribution in [0.3, 0.4) is 0 Å². The molecule has 1 aromatic rings. The summed E-state index contributed by atoms with van der Waals surface area (Å²) in [6, 6.07) is 0.772. The Balaban J connectivity index is 1.74. The van der Waals surface area contributed by atoms with Crippen molar-refractivity contribution >= 4 is 0 Å². The van der Waals surface area contributed by atoms with E-state index in [9.17, 15) is 0 Å². The van der Waals surface area contributed by atoms with Gasteiger partial charge in [-0.15, -0.1) is 0 Å². The number of rotatable bonds is 5. The fourth-order valence-corrected chi connectivity index (χ4v) is 3.94. The quantitative estimate of drug-likeness (QED) is 0.831. The smallest absolute Gasteiger partial charge is 0.141 e. The Hall–Kier alpha value is -0.980. The second kappa shape index (κ2) is 7.06. The summed E-state index contributed by atoms with van der Waals surface area (Å²) in [5.74, 6) is 1.62.